The van der Waals surface area contributed by atoms with E-state index in [1.54, 1.807) is 24.3 Å². The fourth-order valence-electron chi connectivity index (χ4n) is 2.63. The van der Waals surface area contributed by atoms with Crippen LogP contribution >= 0.6 is 0 Å². The van der Waals surface area contributed by atoms with Gasteiger partial charge in [-0.1, -0.05) is 36.4 Å². The molecule has 3 rings (SSSR count). The van der Waals surface area contributed by atoms with Crippen LogP contribution in [0.5, 0.6) is 0 Å². The molecule has 1 aliphatic rings. The van der Waals surface area contributed by atoms with Gasteiger partial charge in [-0.05, 0) is 43.5 Å². The quantitative estimate of drug-likeness (QED) is 0.888. The molecule has 0 radical (unpaired) electrons. The highest BCUT2D eigenvalue weighted by molar-refractivity contribution is 7.93. The zero-order valence-corrected chi connectivity index (χ0v) is 12.6. The van der Waals surface area contributed by atoms with Crippen molar-refractivity contribution in [2.45, 2.75) is 28.9 Å². The number of para-hydroxylation sites is 1. The molecule has 0 heterocycles. The van der Waals surface area contributed by atoms with Crippen LogP contribution in [0.15, 0.2) is 65.6 Å². The molecule has 0 unspecified atom stereocenters. The molecule has 0 aromatic heterocycles. The SMILES string of the molecule is O=S(=O)(c1ccccc1)C1(CCNc2ccccc2)CC1. The average Bonchev–Trinajstić information content (AvgIpc) is 3.31. The van der Waals surface area contributed by atoms with Crippen LogP contribution in [0.1, 0.15) is 19.3 Å². The lowest BCUT2D eigenvalue weighted by Crippen LogP contribution is -2.26. The third-order valence-electron chi connectivity index (χ3n) is 4.11. The van der Waals surface area contributed by atoms with E-state index >= 15 is 0 Å². The molecule has 0 atom stereocenters. The summed E-state index contributed by atoms with van der Waals surface area (Å²) in [5, 5.41) is 3.30. The minimum atomic E-state index is -3.22. The Balaban J connectivity index is 1.68. The lowest BCUT2D eigenvalue weighted by molar-refractivity contribution is 0.570. The van der Waals surface area contributed by atoms with E-state index in [1.165, 1.54) is 0 Å². The third kappa shape index (κ3) is 2.81. The van der Waals surface area contributed by atoms with Crippen molar-refractivity contribution in [3.63, 3.8) is 0 Å². The Morgan fingerprint density at radius 1 is 0.905 bits per heavy atom. The zero-order valence-electron chi connectivity index (χ0n) is 11.8. The van der Waals surface area contributed by atoms with Gasteiger partial charge in [-0.2, -0.15) is 0 Å². The molecule has 0 amide bonds. The number of sulfone groups is 1. The molecule has 21 heavy (non-hydrogen) atoms. The van der Waals surface area contributed by atoms with E-state index in [0.717, 1.165) is 18.5 Å². The van der Waals surface area contributed by atoms with E-state index < -0.39 is 14.6 Å². The molecule has 0 aliphatic heterocycles. The van der Waals surface area contributed by atoms with Gasteiger partial charge < -0.3 is 5.32 Å². The van der Waals surface area contributed by atoms with Crippen molar-refractivity contribution in [3.05, 3.63) is 60.7 Å². The minimum absolute atomic E-state index is 0.446. The van der Waals surface area contributed by atoms with Crippen LogP contribution in [0, 0.1) is 0 Å². The predicted octanol–water partition coefficient (Wildman–Crippen LogP) is 3.50. The fraction of sp³-hybridized carbons (Fsp3) is 0.294. The standard InChI is InChI=1S/C17H19NO2S/c19-21(20,16-9-5-2-6-10-16)17(11-12-17)13-14-18-15-7-3-1-4-8-15/h1-10,18H,11-14H2. The van der Waals surface area contributed by atoms with E-state index in [1.807, 2.05) is 36.4 Å². The van der Waals surface area contributed by atoms with Crippen LogP contribution in [-0.2, 0) is 9.84 Å². The van der Waals surface area contributed by atoms with Gasteiger partial charge in [-0.15, -0.1) is 0 Å². The zero-order chi connectivity index (χ0) is 14.8. The topological polar surface area (TPSA) is 46.2 Å². The minimum Gasteiger partial charge on any atom is -0.385 e. The second-order valence-electron chi connectivity index (χ2n) is 5.54. The van der Waals surface area contributed by atoms with Gasteiger partial charge in [0.05, 0.1) is 9.64 Å². The number of benzene rings is 2. The van der Waals surface area contributed by atoms with E-state index in [-0.39, 0.29) is 0 Å². The highest BCUT2D eigenvalue weighted by Crippen LogP contribution is 2.49. The van der Waals surface area contributed by atoms with Gasteiger partial charge in [0.2, 0.25) is 0 Å². The van der Waals surface area contributed by atoms with Crippen LogP contribution in [0.25, 0.3) is 0 Å². The molecule has 1 N–H and O–H groups in total. The molecule has 1 aliphatic carbocycles. The van der Waals surface area contributed by atoms with Gasteiger partial charge in [-0.25, -0.2) is 8.42 Å². The van der Waals surface area contributed by atoms with E-state index in [2.05, 4.69) is 5.32 Å². The lowest BCUT2D eigenvalue weighted by Gasteiger charge is -2.17. The normalized spacial score (nSPS) is 16.4. The Kier molecular flexibility index (Phi) is 3.72. The summed E-state index contributed by atoms with van der Waals surface area (Å²) in [4.78, 5) is 0.446. The predicted molar refractivity (Wildman–Crippen MR) is 85.1 cm³/mol. The molecular formula is C17H19NO2S. The average molecular weight is 301 g/mol. The van der Waals surface area contributed by atoms with Gasteiger partial charge in [0.25, 0.3) is 0 Å². The van der Waals surface area contributed by atoms with Crippen LogP contribution in [0.3, 0.4) is 0 Å². The van der Waals surface area contributed by atoms with Gasteiger partial charge in [0, 0.05) is 12.2 Å². The summed E-state index contributed by atoms with van der Waals surface area (Å²) in [6, 6.07) is 18.7. The molecular weight excluding hydrogens is 282 g/mol. The van der Waals surface area contributed by atoms with Crippen molar-refractivity contribution in [2.24, 2.45) is 0 Å². The second-order valence-corrected chi connectivity index (χ2v) is 7.89. The molecule has 0 spiro atoms. The summed E-state index contributed by atoms with van der Waals surface area (Å²) < 4.78 is 24.9. The smallest absolute Gasteiger partial charge is 0.184 e. The highest BCUT2D eigenvalue weighted by atomic mass is 32.2. The molecule has 1 fully saturated rings. The third-order valence-corrected chi connectivity index (χ3v) is 6.76. The Bertz CT molecular complexity index is 692. The monoisotopic (exact) mass is 301 g/mol. The van der Waals surface area contributed by atoms with Gasteiger partial charge in [0.1, 0.15) is 0 Å². The van der Waals surface area contributed by atoms with Gasteiger partial charge in [0.15, 0.2) is 9.84 Å². The Morgan fingerprint density at radius 3 is 2.05 bits per heavy atom. The van der Waals surface area contributed by atoms with Gasteiger partial charge >= 0.3 is 0 Å². The first kappa shape index (κ1) is 14.1. The van der Waals surface area contributed by atoms with E-state index in [9.17, 15) is 8.42 Å². The first-order valence-electron chi connectivity index (χ1n) is 7.23. The van der Waals surface area contributed by atoms with Crippen molar-refractivity contribution >= 4 is 15.5 Å². The maximum Gasteiger partial charge on any atom is 0.184 e. The maximum atomic E-state index is 12.7. The number of hydrogen-bond acceptors (Lipinski definition) is 3. The Hall–Kier alpha value is -1.81. The number of nitrogens with one attached hydrogen (secondary N) is 1. The molecule has 110 valence electrons. The second kappa shape index (κ2) is 5.53. The van der Waals surface area contributed by atoms with Crippen molar-refractivity contribution < 1.29 is 8.42 Å². The van der Waals surface area contributed by atoms with Crippen molar-refractivity contribution in [2.75, 3.05) is 11.9 Å². The molecule has 3 nitrogen and oxygen atoms in total. The first-order chi connectivity index (χ1) is 10.1. The summed E-state index contributed by atoms with van der Waals surface area (Å²) >= 11 is 0. The molecule has 2 aromatic rings. The maximum absolute atomic E-state index is 12.7. The first-order valence-corrected chi connectivity index (χ1v) is 8.71. The summed E-state index contributed by atoms with van der Waals surface area (Å²) in [6.07, 6.45) is 2.18. The largest absolute Gasteiger partial charge is 0.385 e. The molecule has 0 bridgehead atoms. The van der Waals surface area contributed by atoms with Crippen molar-refractivity contribution in [3.8, 4) is 0 Å². The van der Waals surface area contributed by atoms with Crippen LogP contribution in [0.2, 0.25) is 0 Å². The van der Waals surface area contributed by atoms with E-state index in [4.69, 9.17) is 0 Å². The fourth-order valence-corrected chi connectivity index (χ4v) is 4.66. The van der Waals surface area contributed by atoms with Gasteiger partial charge in [-0.3, -0.25) is 0 Å². The van der Waals surface area contributed by atoms with E-state index in [0.29, 0.717) is 17.9 Å². The van der Waals surface area contributed by atoms with Crippen LogP contribution < -0.4 is 5.32 Å². The van der Waals surface area contributed by atoms with Crippen LogP contribution in [0.4, 0.5) is 5.69 Å². The molecule has 4 heteroatoms. The number of hydrogen-bond donors (Lipinski definition) is 1. The Morgan fingerprint density at radius 2 is 1.48 bits per heavy atom. The summed E-state index contributed by atoms with van der Waals surface area (Å²) in [7, 11) is -3.22. The summed E-state index contributed by atoms with van der Waals surface area (Å²) in [5.74, 6) is 0. The lowest BCUT2D eigenvalue weighted by atomic mass is 10.2. The summed E-state index contributed by atoms with van der Waals surface area (Å²) in [5.41, 5.74) is 1.03. The van der Waals surface area contributed by atoms with Crippen molar-refractivity contribution in [1.29, 1.82) is 0 Å². The summed E-state index contributed by atoms with van der Waals surface area (Å²) in [6.45, 7) is 0.677. The number of anilines is 1. The molecule has 2 aromatic carbocycles. The van der Waals surface area contributed by atoms with Crippen LogP contribution in [-0.4, -0.2) is 19.7 Å². The Labute approximate surface area is 125 Å². The molecule has 1 saturated carbocycles. The van der Waals surface area contributed by atoms with Crippen molar-refractivity contribution in [1.82, 2.24) is 0 Å². The highest BCUT2D eigenvalue weighted by Gasteiger charge is 2.54. The molecule has 0 saturated heterocycles. The number of rotatable bonds is 6.